The Morgan fingerprint density at radius 2 is 2.05 bits per heavy atom. The number of anilines is 3. The Hall–Kier alpha value is -2.08. The molecular weight excluding hydrogens is 315 g/mol. The molecule has 4 N–H and O–H groups in total. The van der Waals surface area contributed by atoms with Crippen molar-refractivity contribution in [1.82, 2.24) is 0 Å². The average molecular weight is 325 g/mol. The molecule has 0 fully saturated rings. The summed E-state index contributed by atoms with van der Waals surface area (Å²) < 4.78 is 13.7. The van der Waals surface area contributed by atoms with Crippen LogP contribution < -0.4 is 11.1 Å². The molecule has 0 aliphatic rings. The fourth-order valence-corrected chi connectivity index (χ4v) is 1.85. The van der Waals surface area contributed by atoms with Gasteiger partial charge in [-0.1, -0.05) is 6.07 Å². The number of carbonyl (C=O) groups is 1. The molecule has 0 aliphatic heterocycles. The fraction of sp³-hybridized carbons (Fsp3) is 0. The minimum absolute atomic E-state index is 0.0309. The first kappa shape index (κ1) is 13.4. The van der Waals surface area contributed by atoms with E-state index in [1.807, 2.05) is 0 Å². The number of hydrogen-bond donors (Lipinski definition) is 3. The number of nitrogen functional groups attached to an aromatic ring is 1. The monoisotopic (exact) mass is 324 g/mol. The third kappa shape index (κ3) is 2.85. The largest absolute Gasteiger partial charge is 0.478 e. The van der Waals surface area contributed by atoms with Crippen molar-refractivity contribution in [3.8, 4) is 0 Å². The Morgan fingerprint density at radius 3 is 2.68 bits per heavy atom. The predicted octanol–water partition coefficient (Wildman–Crippen LogP) is 3.61. The fourth-order valence-electron chi connectivity index (χ4n) is 1.61. The number of benzene rings is 2. The quantitative estimate of drug-likeness (QED) is 0.754. The van der Waals surface area contributed by atoms with E-state index in [1.165, 1.54) is 18.2 Å². The van der Waals surface area contributed by atoms with Crippen molar-refractivity contribution in [3.05, 3.63) is 52.3 Å². The molecule has 0 radical (unpaired) electrons. The molecule has 6 heteroatoms. The van der Waals surface area contributed by atoms with Crippen LogP contribution >= 0.6 is 15.9 Å². The molecule has 0 saturated heterocycles. The zero-order valence-corrected chi connectivity index (χ0v) is 11.2. The maximum Gasteiger partial charge on any atom is 0.337 e. The number of carboxylic acid groups (broad SMARTS) is 1. The number of aromatic carboxylic acids is 1. The van der Waals surface area contributed by atoms with Crippen molar-refractivity contribution < 1.29 is 14.3 Å². The summed E-state index contributed by atoms with van der Waals surface area (Å²) in [7, 11) is 0. The summed E-state index contributed by atoms with van der Waals surface area (Å²) in [6.07, 6.45) is 0. The van der Waals surface area contributed by atoms with Crippen LogP contribution in [0.1, 0.15) is 10.4 Å². The van der Waals surface area contributed by atoms with Gasteiger partial charge in [-0.05, 0) is 46.3 Å². The summed E-state index contributed by atoms with van der Waals surface area (Å²) in [6, 6.07) is 8.94. The van der Waals surface area contributed by atoms with Gasteiger partial charge >= 0.3 is 5.97 Å². The Kier molecular flexibility index (Phi) is 3.71. The van der Waals surface area contributed by atoms with E-state index in [-0.39, 0.29) is 16.9 Å². The molecule has 0 heterocycles. The second kappa shape index (κ2) is 5.27. The van der Waals surface area contributed by atoms with Gasteiger partial charge in [0.2, 0.25) is 0 Å². The molecule has 0 bridgehead atoms. The number of nitrogens with one attached hydrogen (secondary N) is 1. The highest BCUT2D eigenvalue weighted by atomic mass is 79.9. The lowest BCUT2D eigenvalue weighted by Crippen LogP contribution is -2.05. The number of nitrogens with two attached hydrogens (primary N) is 1. The highest BCUT2D eigenvalue weighted by Crippen LogP contribution is 2.29. The number of hydrogen-bond acceptors (Lipinski definition) is 3. The second-order valence-corrected chi connectivity index (χ2v) is 4.68. The lowest BCUT2D eigenvalue weighted by molar-refractivity contribution is 0.0698. The molecule has 2 aromatic rings. The topological polar surface area (TPSA) is 75.4 Å². The number of rotatable bonds is 3. The van der Waals surface area contributed by atoms with E-state index in [0.29, 0.717) is 10.2 Å². The third-order valence-corrected chi connectivity index (χ3v) is 3.16. The summed E-state index contributed by atoms with van der Waals surface area (Å²) in [6.45, 7) is 0. The molecular formula is C13H10BrFN2O2. The van der Waals surface area contributed by atoms with Gasteiger partial charge in [-0.15, -0.1) is 0 Å². The first-order chi connectivity index (χ1) is 8.99. The Morgan fingerprint density at radius 1 is 1.32 bits per heavy atom. The van der Waals surface area contributed by atoms with Gasteiger partial charge in [0, 0.05) is 5.69 Å². The molecule has 0 unspecified atom stereocenters. The van der Waals surface area contributed by atoms with E-state index in [1.54, 1.807) is 18.2 Å². The minimum atomic E-state index is -1.10. The second-order valence-electron chi connectivity index (χ2n) is 3.83. The van der Waals surface area contributed by atoms with Crippen LogP contribution in [-0.4, -0.2) is 11.1 Å². The van der Waals surface area contributed by atoms with E-state index in [0.717, 1.165) is 0 Å². The molecule has 0 spiro atoms. The van der Waals surface area contributed by atoms with Crippen molar-refractivity contribution in [2.24, 2.45) is 0 Å². The molecule has 0 aromatic heterocycles. The smallest absolute Gasteiger partial charge is 0.337 e. The molecule has 0 aliphatic carbocycles. The van der Waals surface area contributed by atoms with Gasteiger partial charge in [0.1, 0.15) is 5.82 Å². The van der Waals surface area contributed by atoms with Crippen LogP contribution in [0.3, 0.4) is 0 Å². The summed E-state index contributed by atoms with van der Waals surface area (Å²) in [5.74, 6) is -1.55. The van der Waals surface area contributed by atoms with Crippen LogP contribution in [0.2, 0.25) is 0 Å². The summed E-state index contributed by atoms with van der Waals surface area (Å²) in [4.78, 5) is 11.1. The molecule has 19 heavy (non-hydrogen) atoms. The van der Waals surface area contributed by atoms with Crippen LogP contribution in [0, 0.1) is 5.82 Å². The maximum absolute atomic E-state index is 13.4. The third-order valence-electron chi connectivity index (χ3n) is 2.52. The Bertz CT molecular complexity index is 647. The lowest BCUT2D eigenvalue weighted by Gasteiger charge is -2.12. The van der Waals surface area contributed by atoms with Gasteiger partial charge in [-0.3, -0.25) is 0 Å². The van der Waals surface area contributed by atoms with Crippen LogP contribution in [-0.2, 0) is 0 Å². The van der Waals surface area contributed by atoms with Gasteiger partial charge < -0.3 is 16.2 Å². The lowest BCUT2D eigenvalue weighted by atomic mass is 10.1. The SMILES string of the molecule is Nc1cccc(C(=O)O)c1Nc1ccc(Br)c(F)c1. The van der Waals surface area contributed by atoms with Crippen molar-refractivity contribution in [3.63, 3.8) is 0 Å². The van der Waals surface area contributed by atoms with Crippen LogP contribution in [0.15, 0.2) is 40.9 Å². The van der Waals surface area contributed by atoms with Gasteiger partial charge in [0.05, 0.1) is 21.4 Å². The standard InChI is InChI=1S/C13H10BrFN2O2/c14-9-5-4-7(6-10(9)15)17-12-8(13(18)19)2-1-3-11(12)16/h1-6,17H,16H2,(H,18,19). The first-order valence-corrected chi connectivity index (χ1v) is 6.12. The Balaban J connectivity index is 2.42. The summed E-state index contributed by atoms with van der Waals surface area (Å²) in [5, 5.41) is 11.9. The van der Waals surface area contributed by atoms with E-state index < -0.39 is 11.8 Å². The van der Waals surface area contributed by atoms with Gasteiger partial charge in [-0.2, -0.15) is 0 Å². The molecule has 0 amide bonds. The molecule has 4 nitrogen and oxygen atoms in total. The number of halogens is 2. The molecule has 0 saturated carbocycles. The van der Waals surface area contributed by atoms with Crippen molar-refractivity contribution in [2.45, 2.75) is 0 Å². The van der Waals surface area contributed by atoms with Crippen LogP contribution in [0.4, 0.5) is 21.5 Å². The van der Waals surface area contributed by atoms with Gasteiger partial charge in [-0.25, -0.2) is 9.18 Å². The molecule has 2 aromatic carbocycles. The Labute approximate surface area is 117 Å². The zero-order chi connectivity index (χ0) is 14.0. The summed E-state index contributed by atoms with van der Waals surface area (Å²) in [5.41, 5.74) is 6.72. The predicted molar refractivity (Wildman–Crippen MR) is 75.2 cm³/mol. The first-order valence-electron chi connectivity index (χ1n) is 5.33. The molecule has 2 rings (SSSR count). The van der Waals surface area contributed by atoms with Crippen molar-refractivity contribution in [1.29, 1.82) is 0 Å². The van der Waals surface area contributed by atoms with Crippen LogP contribution in [0.5, 0.6) is 0 Å². The number of carboxylic acids is 1. The van der Waals surface area contributed by atoms with Crippen LogP contribution in [0.25, 0.3) is 0 Å². The normalized spacial score (nSPS) is 10.2. The molecule has 98 valence electrons. The average Bonchev–Trinajstić information content (AvgIpc) is 2.36. The van der Waals surface area contributed by atoms with Gasteiger partial charge in [0.15, 0.2) is 0 Å². The zero-order valence-electron chi connectivity index (χ0n) is 9.65. The summed E-state index contributed by atoms with van der Waals surface area (Å²) >= 11 is 3.05. The van der Waals surface area contributed by atoms with Crippen molar-refractivity contribution in [2.75, 3.05) is 11.1 Å². The molecule has 0 atom stereocenters. The van der Waals surface area contributed by atoms with E-state index in [2.05, 4.69) is 21.2 Å². The number of para-hydroxylation sites is 1. The highest BCUT2D eigenvalue weighted by Gasteiger charge is 2.13. The van der Waals surface area contributed by atoms with Gasteiger partial charge in [0.25, 0.3) is 0 Å². The van der Waals surface area contributed by atoms with E-state index in [9.17, 15) is 9.18 Å². The minimum Gasteiger partial charge on any atom is -0.478 e. The van der Waals surface area contributed by atoms with E-state index in [4.69, 9.17) is 10.8 Å². The van der Waals surface area contributed by atoms with Crippen molar-refractivity contribution >= 4 is 39.0 Å². The highest BCUT2D eigenvalue weighted by molar-refractivity contribution is 9.10. The van der Waals surface area contributed by atoms with E-state index >= 15 is 0 Å². The maximum atomic E-state index is 13.4.